The average Bonchev–Trinajstić information content (AvgIpc) is 2.48. The molecular weight excluding hydrogens is 256 g/mol. The Labute approximate surface area is 119 Å². The first-order valence-corrected chi connectivity index (χ1v) is 7.01. The molecule has 2 heterocycles. The molecule has 2 rings (SSSR count). The number of morpholine rings is 1. The zero-order chi connectivity index (χ0) is 14.6. The topological polar surface area (TPSA) is 51.7 Å². The van der Waals surface area contributed by atoms with Gasteiger partial charge in [0.2, 0.25) is 0 Å². The lowest BCUT2D eigenvalue weighted by Gasteiger charge is -2.39. The van der Waals surface area contributed by atoms with Gasteiger partial charge in [0.15, 0.2) is 5.78 Å². The number of rotatable bonds is 5. The largest absolute Gasteiger partial charge is 0.492 e. The highest BCUT2D eigenvalue weighted by Gasteiger charge is 2.36. The Morgan fingerprint density at radius 3 is 2.75 bits per heavy atom. The van der Waals surface area contributed by atoms with Crippen molar-refractivity contribution >= 4 is 5.78 Å². The monoisotopic (exact) mass is 278 g/mol. The molecule has 5 heteroatoms. The molecule has 20 heavy (non-hydrogen) atoms. The summed E-state index contributed by atoms with van der Waals surface area (Å²) in [7, 11) is 0. The van der Waals surface area contributed by atoms with Crippen LogP contribution < -0.4 is 4.74 Å². The van der Waals surface area contributed by atoms with E-state index >= 15 is 0 Å². The number of Topliss-reactive ketones (excluding diaryl/α,β-unsaturated/α-hetero) is 1. The van der Waals surface area contributed by atoms with Crippen LogP contribution in [0, 0.1) is 0 Å². The molecule has 1 aliphatic rings. The number of hydrogen-bond acceptors (Lipinski definition) is 5. The maximum absolute atomic E-state index is 12.7. The van der Waals surface area contributed by atoms with Crippen LogP contribution >= 0.6 is 0 Å². The van der Waals surface area contributed by atoms with Gasteiger partial charge in [0.25, 0.3) is 0 Å². The van der Waals surface area contributed by atoms with E-state index < -0.39 is 5.54 Å². The van der Waals surface area contributed by atoms with E-state index in [0.29, 0.717) is 31.1 Å². The highest BCUT2D eigenvalue weighted by molar-refractivity contribution is 6.02. The predicted molar refractivity (Wildman–Crippen MR) is 76.2 cm³/mol. The first-order chi connectivity index (χ1) is 9.55. The fourth-order valence-electron chi connectivity index (χ4n) is 2.41. The minimum atomic E-state index is -0.559. The van der Waals surface area contributed by atoms with E-state index in [9.17, 15) is 4.79 Å². The molecule has 1 aliphatic heterocycles. The maximum atomic E-state index is 12.7. The molecule has 1 fully saturated rings. The van der Waals surface area contributed by atoms with Crippen molar-refractivity contribution in [2.24, 2.45) is 0 Å². The van der Waals surface area contributed by atoms with E-state index in [2.05, 4.69) is 9.88 Å². The number of nitrogens with zero attached hydrogens (tertiary/aromatic N) is 2. The standard InChI is InChI=1S/C15H22N2O3/c1-4-20-13-9-12(10-16-11-13)14(18)15(2,3)17-5-7-19-8-6-17/h9-11H,4-8H2,1-3H3. The molecular formula is C15H22N2O3. The van der Waals surface area contributed by atoms with Gasteiger partial charge in [0.05, 0.1) is 31.6 Å². The van der Waals surface area contributed by atoms with Crippen LogP contribution in [0.4, 0.5) is 0 Å². The second-order valence-electron chi connectivity index (χ2n) is 5.33. The molecule has 5 nitrogen and oxygen atoms in total. The second kappa shape index (κ2) is 6.33. The SMILES string of the molecule is CCOc1cncc(C(=O)C(C)(C)N2CCOCC2)c1. The van der Waals surface area contributed by atoms with Gasteiger partial charge in [-0.15, -0.1) is 0 Å². The van der Waals surface area contributed by atoms with Crippen LogP contribution in [0.15, 0.2) is 18.5 Å². The number of hydrogen-bond donors (Lipinski definition) is 0. The summed E-state index contributed by atoms with van der Waals surface area (Å²) in [6, 6.07) is 1.76. The zero-order valence-electron chi connectivity index (χ0n) is 12.4. The quantitative estimate of drug-likeness (QED) is 0.768. The molecule has 1 saturated heterocycles. The Morgan fingerprint density at radius 2 is 2.10 bits per heavy atom. The first kappa shape index (κ1) is 14.9. The van der Waals surface area contributed by atoms with Gasteiger partial charge in [-0.25, -0.2) is 0 Å². The Bertz CT molecular complexity index is 468. The molecule has 0 aromatic carbocycles. The molecule has 0 saturated carbocycles. The number of ether oxygens (including phenoxy) is 2. The molecule has 0 spiro atoms. The number of aromatic nitrogens is 1. The molecule has 0 atom stereocenters. The van der Waals surface area contributed by atoms with E-state index in [4.69, 9.17) is 9.47 Å². The summed E-state index contributed by atoms with van der Waals surface area (Å²) in [6.07, 6.45) is 3.23. The number of carbonyl (C=O) groups excluding carboxylic acids is 1. The number of carbonyl (C=O) groups is 1. The lowest BCUT2D eigenvalue weighted by molar-refractivity contribution is -0.00432. The summed E-state index contributed by atoms with van der Waals surface area (Å²) in [5.74, 6) is 0.699. The van der Waals surface area contributed by atoms with E-state index in [1.807, 2.05) is 20.8 Å². The highest BCUT2D eigenvalue weighted by Crippen LogP contribution is 2.23. The summed E-state index contributed by atoms with van der Waals surface area (Å²) < 4.78 is 10.8. The van der Waals surface area contributed by atoms with Crippen LogP contribution in [0.3, 0.4) is 0 Å². The molecule has 110 valence electrons. The lowest BCUT2D eigenvalue weighted by Crippen LogP contribution is -2.54. The van der Waals surface area contributed by atoms with E-state index in [1.165, 1.54) is 0 Å². The molecule has 0 amide bonds. The maximum Gasteiger partial charge on any atom is 0.184 e. The molecule has 0 aliphatic carbocycles. The average molecular weight is 278 g/mol. The smallest absolute Gasteiger partial charge is 0.184 e. The van der Waals surface area contributed by atoms with Gasteiger partial charge in [0.1, 0.15) is 5.75 Å². The van der Waals surface area contributed by atoms with Gasteiger partial charge < -0.3 is 9.47 Å². The normalized spacial score (nSPS) is 16.9. The molecule has 0 bridgehead atoms. The van der Waals surface area contributed by atoms with E-state index in [-0.39, 0.29) is 5.78 Å². The van der Waals surface area contributed by atoms with Crippen LogP contribution in [0.1, 0.15) is 31.1 Å². The molecule has 1 aromatic rings. The highest BCUT2D eigenvalue weighted by atomic mass is 16.5. The third kappa shape index (κ3) is 3.16. The summed E-state index contributed by atoms with van der Waals surface area (Å²) in [5.41, 5.74) is 0.0310. The van der Waals surface area contributed by atoms with Gasteiger partial charge in [0, 0.05) is 24.8 Å². The van der Waals surface area contributed by atoms with Gasteiger partial charge >= 0.3 is 0 Å². The summed E-state index contributed by atoms with van der Waals surface area (Å²) in [4.78, 5) is 19.0. The molecule has 1 aromatic heterocycles. The minimum absolute atomic E-state index is 0.0634. The van der Waals surface area contributed by atoms with Gasteiger partial charge in [-0.05, 0) is 26.8 Å². The zero-order valence-corrected chi connectivity index (χ0v) is 12.4. The van der Waals surface area contributed by atoms with Crippen LogP contribution in [-0.4, -0.2) is 54.1 Å². The Kier molecular flexibility index (Phi) is 4.73. The summed E-state index contributed by atoms with van der Waals surface area (Å²) in [5, 5.41) is 0. The fourth-order valence-corrected chi connectivity index (χ4v) is 2.41. The van der Waals surface area contributed by atoms with Crippen LogP contribution in [0.5, 0.6) is 5.75 Å². The van der Waals surface area contributed by atoms with Crippen LogP contribution in [-0.2, 0) is 4.74 Å². The van der Waals surface area contributed by atoms with Gasteiger partial charge in [-0.1, -0.05) is 0 Å². The van der Waals surface area contributed by atoms with Crippen LogP contribution in [0.25, 0.3) is 0 Å². The third-order valence-corrected chi connectivity index (χ3v) is 3.64. The Morgan fingerprint density at radius 1 is 1.40 bits per heavy atom. The van der Waals surface area contributed by atoms with Crippen molar-refractivity contribution in [2.45, 2.75) is 26.3 Å². The number of ketones is 1. The molecule has 0 radical (unpaired) electrons. The van der Waals surface area contributed by atoms with E-state index in [1.54, 1.807) is 18.5 Å². The molecule has 0 unspecified atom stereocenters. The van der Waals surface area contributed by atoms with Crippen LogP contribution in [0.2, 0.25) is 0 Å². The minimum Gasteiger partial charge on any atom is -0.492 e. The summed E-state index contributed by atoms with van der Waals surface area (Å²) in [6.45, 7) is 9.27. The Balaban J connectivity index is 2.18. The van der Waals surface area contributed by atoms with Crippen molar-refractivity contribution in [2.75, 3.05) is 32.9 Å². The van der Waals surface area contributed by atoms with Crippen molar-refractivity contribution in [3.05, 3.63) is 24.0 Å². The van der Waals surface area contributed by atoms with Crippen molar-refractivity contribution in [1.29, 1.82) is 0 Å². The Hall–Kier alpha value is -1.46. The van der Waals surface area contributed by atoms with Crippen molar-refractivity contribution < 1.29 is 14.3 Å². The van der Waals surface area contributed by atoms with Gasteiger partial charge in [-0.2, -0.15) is 0 Å². The number of pyridine rings is 1. The third-order valence-electron chi connectivity index (χ3n) is 3.64. The van der Waals surface area contributed by atoms with Crippen molar-refractivity contribution in [1.82, 2.24) is 9.88 Å². The fraction of sp³-hybridized carbons (Fsp3) is 0.600. The first-order valence-electron chi connectivity index (χ1n) is 7.01. The lowest BCUT2D eigenvalue weighted by atomic mass is 9.91. The second-order valence-corrected chi connectivity index (χ2v) is 5.33. The van der Waals surface area contributed by atoms with Gasteiger partial charge in [-0.3, -0.25) is 14.7 Å². The van der Waals surface area contributed by atoms with E-state index in [0.717, 1.165) is 13.1 Å². The summed E-state index contributed by atoms with van der Waals surface area (Å²) >= 11 is 0. The molecule has 0 N–H and O–H groups in total. The predicted octanol–water partition coefficient (Wildman–Crippen LogP) is 1.77. The van der Waals surface area contributed by atoms with Crippen molar-refractivity contribution in [3.63, 3.8) is 0 Å². The van der Waals surface area contributed by atoms with Crippen molar-refractivity contribution in [3.8, 4) is 5.75 Å².